The Balaban J connectivity index is 2.24. The average molecular weight is 222 g/mol. The Morgan fingerprint density at radius 1 is 1.62 bits per heavy atom. The van der Waals surface area contributed by atoms with Gasteiger partial charge in [-0.05, 0) is 19.5 Å². The van der Waals surface area contributed by atoms with Crippen molar-refractivity contribution in [3.63, 3.8) is 0 Å². The highest BCUT2D eigenvalue weighted by Crippen LogP contribution is 2.32. The van der Waals surface area contributed by atoms with E-state index in [1.54, 1.807) is 13.3 Å². The van der Waals surface area contributed by atoms with Crippen LogP contribution in [0.4, 0.5) is 0 Å². The molecule has 1 aromatic rings. The Hall–Kier alpha value is -1.13. The lowest BCUT2D eigenvalue weighted by Gasteiger charge is -2.23. The van der Waals surface area contributed by atoms with Gasteiger partial charge in [-0.3, -0.25) is 0 Å². The monoisotopic (exact) mass is 222 g/mol. The molecule has 2 heterocycles. The molecular weight excluding hydrogens is 204 g/mol. The van der Waals surface area contributed by atoms with Crippen LogP contribution in [0.1, 0.15) is 18.0 Å². The zero-order chi connectivity index (χ0) is 11.4. The van der Waals surface area contributed by atoms with Crippen molar-refractivity contribution in [2.24, 2.45) is 5.92 Å². The zero-order valence-corrected chi connectivity index (χ0v) is 9.77. The Kier molecular flexibility index (Phi) is 3.74. The van der Waals surface area contributed by atoms with Crippen LogP contribution in [0.25, 0.3) is 0 Å². The molecule has 2 atom stereocenters. The van der Waals surface area contributed by atoms with Crippen molar-refractivity contribution >= 4 is 0 Å². The minimum absolute atomic E-state index is 0.256. The quantitative estimate of drug-likeness (QED) is 0.836. The van der Waals surface area contributed by atoms with Crippen molar-refractivity contribution in [2.75, 3.05) is 27.4 Å². The van der Waals surface area contributed by atoms with Crippen molar-refractivity contribution in [3.8, 4) is 5.88 Å². The number of hydrogen-bond donors (Lipinski definition) is 1. The van der Waals surface area contributed by atoms with Crippen LogP contribution in [-0.2, 0) is 4.74 Å². The van der Waals surface area contributed by atoms with E-state index in [1.165, 1.54) is 0 Å². The van der Waals surface area contributed by atoms with Gasteiger partial charge in [0.2, 0.25) is 5.88 Å². The fourth-order valence-electron chi connectivity index (χ4n) is 2.27. The van der Waals surface area contributed by atoms with Gasteiger partial charge in [0.15, 0.2) is 0 Å². The second-order valence-corrected chi connectivity index (χ2v) is 3.99. The first-order valence-corrected chi connectivity index (χ1v) is 5.60. The van der Waals surface area contributed by atoms with Crippen molar-refractivity contribution < 1.29 is 9.47 Å². The Morgan fingerprint density at radius 3 is 3.12 bits per heavy atom. The van der Waals surface area contributed by atoms with Crippen LogP contribution in [0.5, 0.6) is 5.88 Å². The van der Waals surface area contributed by atoms with Gasteiger partial charge in [0.25, 0.3) is 0 Å². The van der Waals surface area contributed by atoms with Gasteiger partial charge in [-0.1, -0.05) is 6.07 Å². The van der Waals surface area contributed by atoms with E-state index in [1.807, 2.05) is 13.1 Å². The summed E-state index contributed by atoms with van der Waals surface area (Å²) in [6.07, 6.45) is 2.84. The summed E-state index contributed by atoms with van der Waals surface area (Å²) in [5.41, 5.74) is 1.11. The minimum Gasteiger partial charge on any atom is -0.481 e. The average Bonchev–Trinajstić information content (AvgIpc) is 2.84. The number of hydrogen-bond acceptors (Lipinski definition) is 4. The van der Waals surface area contributed by atoms with Gasteiger partial charge in [0, 0.05) is 30.3 Å². The molecule has 1 N–H and O–H groups in total. The topological polar surface area (TPSA) is 43.4 Å². The van der Waals surface area contributed by atoms with E-state index < -0.39 is 0 Å². The van der Waals surface area contributed by atoms with Crippen LogP contribution >= 0.6 is 0 Å². The van der Waals surface area contributed by atoms with Crippen LogP contribution < -0.4 is 10.1 Å². The second kappa shape index (κ2) is 5.27. The summed E-state index contributed by atoms with van der Waals surface area (Å²) in [6.45, 7) is 1.66. The summed E-state index contributed by atoms with van der Waals surface area (Å²) in [7, 11) is 3.62. The lowest BCUT2D eigenvalue weighted by atomic mass is 9.93. The smallest absolute Gasteiger partial charge is 0.217 e. The van der Waals surface area contributed by atoms with Gasteiger partial charge in [-0.25, -0.2) is 4.98 Å². The summed E-state index contributed by atoms with van der Waals surface area (Å²) in [5, 5.41) is 3.34. The summed E-state index contributed by atoms with van der Waals surface area (Å²) in [5.74, 6) is 1.21. The van der Waals surface area contributed by atoms with Crippen molar-refractivity contribution in [1.82, 2.24) is 10.3 Å². The first kappa shape index (κ1) is 11.4. The van der Waals surface area contributed by atoms with Gasteiger partial charge in [-0.2, -0.15) is 0 Å². The van der Waals surface area contributed by atoms with E-state index >= 15 is 0 Å². The zero-order valence-electron chi connectivity index (χ0n) is 9.77. The number of aromatic nitrogens is 1. The third-order valence-electron chi connectivity index (χ3n) is 3.08. The molecule has 88 valence electrons. The fraction of sp³-hybridized carbons (Fsp3) is 0.583. The molecule has 16 heavy (non-hydrogen) atoms. The molecule has 0 amide bonds. The van der Waals surface area contributed by atoms with Gasteiger partial charge in [-0.15, -0.1) is 0 Å². The molecule has 4 heteroatoms. The van der Waals surface area contributed by atoms with Crippen LogP contribution in [0.3, 0.4) is 0 Å². The Bertz CT molecular complexity index is 338. The molecule has 0 bridgehead atoms. The highest BCUT2D eigenvalue weighted by atomic mass is 16.5. The molecule has 2 unspecified atom stereocenters. The largest absolute Gasteiger partial charge is 0.481 e. The number of nitrogens with one attached hydrogen (secondary N) is 1. The minimum atomic E-state index is 0.256. The molecular formula is C12H18N2O2. The molecule has 1 aliphatic heterocycles. The number of nitrogens with zero attached hydrogens (tertiary/aromatic N) is 1. The molecule has 0 spiro atoms. The summed E-state index contributed by atoms with van der Waals surface area (Å²) in [4.78, 5) is 4.23. The summed E-state index contributed by atoms with van der Waals surface area (Å²) >= 11 is 0. The van der Waals surface area contributed by atoms with E-state index in [-0.39, 0.29) is 6.04 Å². The maximum Gasteiger partial charge on any atom is 0.217 e. The van der Waals surface area contributed by atoms with Crippen molar-refractivity contribution in [2.45, 2.75) is 12.5 Å². The molecule has 0 saturated carbocycles. The van der Waals surface area contributed by atoms with Gasteiger partial charge in [0.1, 0.15) is 0 Å². The Labute approximate surface area is 96.0 Å². The highest BCUT2D eigenvalue weighted by molar-refractivity contribution is 5.29. The van der Waals surface area contributed by atoms with E-state index in [9.17, 15) is 0 Å². The Morgan fingerprint density at radius 2 is 2.50 bits per heavy atom. The van der Waals surface area contributed by atoms with Gasteiger partial charge >= 0.3 is 0 Å². The van der Waals surface area contributed by atoms with E-state index in [2.05, 4.69) is 16.4 Å². The summed E-state index contributed by atoms with van der Waals surface area (Å²) in [6, 6.07) is 4.26. The predicted molar refractivity (Wildman–Crippen MR) is 61.5 cm³/mol. The van der Waals surface area contributed by atoms with Gasteiger partial charge in [0.05, 0.1) is 13.7 Å². The van der Waals surface area contributed by atoms with Crippen molar-refractivity contribution in [3.05, 3.63) is 23.9 Å². The lowest BCUT2D eigenvalue weighted by Crippen LogP contribution is -2.26. The maximum absolute atomic E-state index is 5.43. The second-order valence-electron chi connectivity index (χ2n) is 3.99. The predicted octanol–water partition coefficient (Wildman–Crippen LogP) is 1.39. The third kappa shape index (κ3) is 2.18. The van der Waals surface area contributed by atoms with E-state index in [0.29, 0.717) is 11.8 Å². The number of methoxy groups -OCH3 is 1. The number of pyridine rings is 1. The van der Waals surface area contributed by atoms with Gasteiger partial charge < -0.3 is 14.8 Å². The standard InChI is InChI=1S/C12H18N2O2/c1-13-11(9-5-7-16-8-9)10-4-3-6-14-12(10)15-2/h3-4,6,9,11,13H,5,7-8H2,1-2H3. The molecule has 1 saturated heterocycles. The lowest BCUT2D eigenvalue weighted by molar-refractivity contribution is 0.177. The van der Waals surface area contributed by atoms with Crippen LogP contribution in [-0.4, -0.2) is 32.4 Å². The molecule has 1 aromatic heterocycles. The first-order valence-electron chi connectivity index (χ1n) is 5.60. The first-order chi connectivity index (χ1) is 7.86. The number of rotatable bonds is 4. The van der Waals surface area contributed by atoms with E-state index in [4.69, 9.17) is 9.47 Å². The molecule has 2 rings (SSSR count). The molecule has 4 nitrogen and oxygen atoms in total. The molecule has 0 radical (unpaired) electrons. The molecule has 0 aliphatic carbocycles. The summed E-state index contributed by atoms with van der Waals surface area (Å²) < 4.78 is 10.7. The fourth-order valence-corrected chi connectivity index (χ4v) is 2.27. The SMILES string of the molecule is CNC(c1cccnc1OC)C1CCOC1. The molecule has 1 aliphatic rings. The third-order valence-corrected chi connectivity index (χ3v) is 3.08. The van der Waals surface area contributed by atoms with Crippen molar-refractivity contribution in [1.29, 1.82) is 0 Å². The maximum atomic E-state index is 5.43. The highest BCUT2D eigenvalue weighted by Gasteiger charge is 2.28. The normalized spacial score (nSPS) is 22.0. The van der Waals surface area contributed by atoms with Crippen LogP contribution in [0.15, 0.2) is 18.3 Å². The number of ether oxygens (including phenoxy) is 2. The van der Waals surface area contributed by atoms with Crippen LogP contribution in [0, 0.1) is 5.92 Å². The van der Waals surface area contributed by atoms with Crippen LogP contribution in [0.2, 0.25) is 0 Å². The van der Waals surface area contributed by atoms with E-state index in [0.717, 1.165) is 25.2 Å². The molecule has 1 fully saturated rings. The molecule has 0 aromatic carbocycles.